The van der Waals surface area contributed by atoms with E-state index in [-0.39, 0.29) is 0 Å². The lowest BCUT2D eigenvalue weighted by molar-refractivity contribution is 0.513. The van der Waals surface area contributed by atoms with Crippen molar-refractivity contribution in [2.45, 2.75) is 33.1 Å². The number of rotatable bonds is 6. The number of hydrogen-bond donors (Lipinski definition) is 2. The van der Waals surface area contributed by atoms with Crippen LogP contribution in [0.1, 0.15) is 30.5 Å². The number of aromatic nitrogens is 2. The standard InChI is InChI=1S/C14H20N4O/c1-3-5-12-17-13(15)10(2)14(18-12)16-8-7-11-6-4-9-19-11/h4,6,9H,3,5,7-8H2,1-2H3,(H3,15,16,17,18). The Labute approximate surface area is 113 Å². The Hall–Kier alpha value is -2.04. The number of nitrogens with one attached hydrogen (secondary N) is 1. The van der Waals surface area contributed by atoms with Gasteiger partial charge in [-0.15, -0.1) is 0 Å². The molecule has 0 radical (unpaired) electrons. The first-order valence-corrected chi connectivity index (χ1v) is 6.60. The Morgan fingerprint density at radius 3 is 2.84 bits per heavy atom. The molecular weight excluding hydrogens is 240 g/mol. The zero-order valence-electron chi connectivity index (χ0n) is 11.4. The zero-order valence-corrected chi connectivity index (χ0v) is 11.4. The van der Waals surface area contributed by atoms with E-state index in [1.54, 1.807) is 6.26 Å². The highest BCUT2D eigenvalue weighted by Crippen LogP contribution is 2.17. The molecule has 0 saturated heterocycles. The molecule has 5 heteroatoms. The molecule has 2 heterocycles. The van der Waals surface area contributed by atoms with Gasteiger partial charge in [-0.1, -0.05) is 6.92 Å². The van der Waals surface area contributed by atoms with Crippen LogP contribution in [0.2, 0.25) is 0 Å². The molecule has 0 aliphatic carbocycles. The van der Waals surface area contributed by atoms with Crippen LogP contribution in [0.5, 0.6) is 0 Å². The maximum absolute atomic E-state index is 5.91. The highest BCUT2D eigenvalue weighted by molar-refractivity contribution is 5.54. The van der Waals surface area contributed by atoms with Crippen LogP contribution in [0.3, 0.4) is 0 Å². The molecule has 5 nitrogen and oxygen atoms in total. The fraction of sp³-hybridized carbons (Fsp3) is 0.429. The van der Waals surface area contributed by atoms with Gasteiger partial charge in [0.1, 0.15) is 23.2 Å². The van der Waals surface area contributed by atoms with Crippen LogP contribution in [-0.4, -0.2) is 16.5 Å². The summed E-state index contributed by atoms with van der Waals surface area (Å²) in [5.41, 5.74) is 6.81. The van der Waals surface area contributed by atoms with E-state index in [0.717, 1.165) is 48.8 Å². The molecule has 0 bridgehead atoms. The molecule has 0 amide bonds. The minimum absolute atomic E-state index is 0.555. The molecule has 0 atom stereocenters. The molecule has 0 saturated carbocycles. The van der Waals surface area contributed by atoms with Gasteiger partial charge in [0.25, 0.3) is 0 Å². The van der Waals surface area contributed by atoms with Gasteiger partial charge in [-0.25, -0.2) is 9.97 Å². The fourth-order valence-electron chi connectivity index (χ4n) is 1.85. The highest BCUT2D eigenvalue weighted by atomic mass is 16.3. The largest absolute Gasteiger partial charge is 0.469 e. The first-order chi connectivity index (χ1) is 9.20. The Morgan fingerprint density at radius 2 is 2.16 bits per heavy atom. The van der Waals surface area contributed by atoms with Gasteiger partial charge in [0.2, 0.25) is 0 Å². The van der Waals surface area contributed by atoms with E-state index >= 15 is 0 Å². The van der Waals surface area contributed by atoms with Crippen molar-refractivity contribution in [2.75, 3.05) is 17.6 Å². The lowest BCUT2D eigenvalue weighted by Crippen LogP contribution is -2.11. The van der Waals surface area contributed by atoms with Gasteiger partial charge in [0.05, 0.1) is 6.26 Å². The van der Waals surface area contributed by atoms with Crippen LogP contribution in [0.25, 0.3) is 0 Å². The van der Waals surface area contributed by atoms with Gasteiger partial charge in [-0.3, -0.25) is 0 Å². The Kier molecular flexibility index (Phi) is 4.39. The molecule has 102 valence electrons. The lowest BCUT2D eigenvalue weighted by atomic mass is 10.2. The second kappa shape index (κ2) is 6.22. The molecular formula is C14H20N4O. The van der Waals surface area contributed by atoms with Crippen LogP contribution >= 0.6 is 0 Å². The number of hydrogen-bond acceptors (Lipinski definition) is 5. The Bertz CT molecular complexity index is 522. The molecule has 2 aromatic heterocycles. The maximum atomic E-state index is 5.91. The highest BCUT2D eigenvalue weighted by Gasteiger charge is 2.08. The monoisotopic (exact) mass is 260 g/mol. The molecule has 0 aliphatic heterocycles. The third-order valence-corrected chi connectivity index (χ3v) is 2.95. The van der Waals surface area contributed by atoms with E-state index in [1.165, 1.54) is 0 Å². The molecule has 0 unspecified atom stereocenters. The van der Waals surface area contributed by atoms with Crippen LogP contribution in [0, 0.1) is 6.92 Å². The number of anilines is 2. The first-order valence-electron chi connectivity index (χ1n) is 6.60. The number of nitrogen functional groups attached to an aromatic ring is 1. The van der Waals surface area contributed by atoms with Crippen molar-refractivity contribution in [3.63, 3.8) is 0 Å². The number of aryl methyl sites for hydroxylation is 1. The van der Waals surface area contributed by atoms with E-state index in [1.807, 2.05) is 19.1 Å². The minimum Gasteiger partial charge on any atom is -0.469 e. The second-order valence-electron chi connectivity index (χ2n) is 4.50. The van der Waals surface area contributed by atoms with Crippen molar-refractivity contribution in [1.82, 2.24) is 9.97 Å². The van der Waals surface area contributed by atoms with Crippen molar-refractivity contribution >= 4 is 11.6 Å². The van der Waals surface area contributed by atoms with Crippen molar-refractivity contribution < 1.29 is 4.42 Å². The van der Waals surface area contributed by atoms with E-state index in [0.29, 0.717) is 5.82 Å². The summed E-state index contributed by atoms with van der Waals surface area (Å²) in [7, 11) is 0. The van der Waals surface area contributed by atoms with Crippen molar-refractivity contribution in [2.24, 2.45) is 0 Å². The molecule has 3 N–H and O–H groups in total. The van der Waals surface area contributed by atoms with E-state index < -0.39 is 0 Å². The fourth-order valence-corrected chi connectivity index (χ4v) is 1.85. The molecule has 2 aromatic rings. The van der Waals surface area contributed by atoms with Gasteiger partial charge >= 0.3 is 0 Å². The Morgan fingerprint density at radius 1 is 1.32 bits per heavy atom. The van der Waals surface area contributed by atoms with Gasteiger partial charge in [-0.05, 0) is 25.5 Å². The summed E-state index contributed by atoms with van der Waals surface area (Å²) in [6, 6.07) is 3.86. The Balaban J connectivity index is 2.02. The third-order valence-electron chi connectivity index (χ3n) is 2.95. The number of furan rings is 1. The molecule has 0 spiro atoms. The predicted octanol–water partition coefficient (Wildman–Crippen LogP) is 2.57. The molecule has 0 aromatic carbocycles. The summed E-state index contributed by atoms with van der Waals surface area (Å²) < 4.78 is 5.29. The zero-order chi connectivity index (χ0) is 13.7. The summed E-state index contributed by atoms with van der Waals surface area (Å²) in [6.45, 7) is 4.79. The predicted molar refractivity (Wildman–Crippen MR) is 76.1 cm³/mol. The average molecular weight is 260 g/mol. The van der Waals surface area contributed by atoms with Crippen LogP contribution in [0.15, 0.2) is 22.8 Å². The van der Waals surface area contributed by atoms with Gasteiger partial charge in [0, 0.05) is 24.9 Å². The van der Waals surface area contributed by atoms with Crippen LogP contribution in [-0.2, 0) is 12.8 Å². The van der Waals surface area contributed by atoms with Crippen molar-refractivity contribution in [1.29, 1.82) is 0 Å². The van der Waals surface area contributed by atoms with Crippen LogP contribution < -0.4 is 11.1 Å². The quantitative estimate of drug-likeness (QED) is 0.834. The molecule has 2 rings (SSSR count). The van der Waals surface area contributed by atoms with Crippen LogP contribution in [0.4, 0.5) is 11.6 Å². The van der Waals surface area contributed by atoms with Gasteiger partial charge < -0.3 is 15.5 Å². The maximum Gasteiger partial charge on any atom is 0.134 e. The summed E-state index contributed by atoms with van der Waals surface area (Å²) in [6.07, 6.45) is 4.35. The number of nitrogens with two attached hydrogens (primary N) is 1. The number of nitrogens with zero attached hydrogens (tertiary/aromatic N) is 2. The van der Waals surface area contributed by atoms with E-state index in [2.05, 4.69) is 22.2 Å². The van der Waals surface area contributed by atoms with E-state index in [4.69, 9.17) is 10.2 Å². The lowest BCUT2D eigenvalue weighted by Gasteiger charge is -2.11. The second-order valence-corrected chi connectivity index (χ2v) is 4.50. The minimum atomic E-state index is 0.555. The molecule has 19 heavy (non-hydrogen) atoms. The van der Waals surface area contributed by atoms with Crippen molar-refractivity contribution in [3.8, 4) is 0 Å². The average Bonchev–Trinajstić information content (AvgIpc) is 2.88. The summed E-state index contributed by atoms with van der Waals surface area (Å²) in [5, 5.41) is 3.30. The summed E-state index contributed by atoms with van der Waals surface area (Å²) in [5.74, 6) is 3.13. The van der Waals surface area contributed by atoms with Gasteiger partial charge in [-0.2, -0.15) is 0 Å². The van der Waals surface area contributed by atoms with Crippen molar-refractivity contribution in [3.05, 3.63) is 35.5 Å². The molecule has 0 aliphatic rings. The summed E-state index contributed by atoms with van der Waals surface area (Å²) >= 11 is 0. The van der Waals surface area contributed by atoms with Gasteiger partial charge in [0.15, 0.2) is 0 Å². The first kappa shape index (κ1) is 13.4. The third kappa shape index (κ3) is 3.47. The topological polar surface area (TPSA) is 77.0 Å². The normalized spacial score (nSPS) is 10.6. The van der Waals surface area contributed by atoms with E-state index in [9.17, 15) is 0 Å². The summed E-state index contributed by atoms with van der Waals surface area (Å²) in [4.78, 5) is 8.80. The SMILES string of the molecule is CCCc1nc(N)c(C)c(NCCc2ccco2)n1. The smallest absolute Gasteiger partial charge is 0.134 e. The molecule has 0 fully saturated rings.